The highest BCUT2D eigenvalue weighted by Gasteiger charge is 2.46. The summed E-state index contributed by atoms with van der Waals surface area (Å²) in [5, 5.41) is 9.43. The Morgan fingerprint density at radius 1 is 1.00 bits per heavy atom. The maximum Gasteiger partial charge on any atom is 0.309 e. The van der Waals surface area contributed by atoms with Gasteiger partial charge in [-0.25, -0.2) is 0 Å². The lowest BCUT2D eigenvalue weighted by atomic mass is 9.72. The number of benzene rings is 1. The minimum absolute atomic E-state index is 0.197. The second-order valence-corrected chi connectivity index (χ2v) is 8.26. The Kier molecular flexibility index (Phi) is 5.69. The van der Waals surface area contributed by atoms with E-state index in [0.29, 0.717) is 52.2 Å². The van der Waals surface area contributed by atoms with Gasteiger partial charge in [-0.05, 0) is 43.6 Å². The molecule has 0 spiro atoms. The smallest absolute Gasteiger partial charge is 0.309 e. The fourth-order valence-electron chi connectivity index (χ4n) is 5.18. The summed E-state index contributed by atoms with van der Waals surface area (Å²) in [5.41, 5.74) is 0.579. The number of likely N-dealkylation sites (tertiary alicyclic amines) is 1. The van der Waals surface area contributed by atoms with Gasteiger partial charge in [0.2, 0.25) is 5.91 Å². The monoisotopic (exact) mass is 387 g/mol. The number of carbonyl (C=O) groups is 2. The van der Waals surface area contributed by atoms with Gasteiger partial charge in [-0.15, -0.1) is 0 Å². The van der Waals surface area contributed by atoms with Gasteiger partial charge in [0.1, 0.15) is 0 Å². The van der Waals surface area contributed by atoms with E-state index in [1.165, 1.54) is 0 Å². The summed E-state index contributed by atoms with van der Waals surface area (Å²) >= 11 is 0. The zero-order valence-electron chi connectivity index (χ0n) is 16.2. The molecule has 0 radical (unpaired) electrons. The van der Waals surface area contributed by atoms with Crippen LogP contribution >= 0.6 is 0 Å². The van der Waals surface area contributed by atoms with E-state index >= 15 is 0 Å². The van der Waals surface area contributed by atoms with Crippen LogP contribution in [0.4, 0.5) is 0 Å². The molecule has 6 nitrogen and oxygen atoms in total. The summed E-state index contributed by atoms with van der Waals surface area (Å²) in [6.45, 7) is 3.08. The number of aliphatic carboxylic acids is 1. The first-order chi connectivity index (χ1) is 13.6. The van der Waals surface area contributed by atoms with Crippen molar-refractivity contribution in [3.05, 3.63) is 35.9 Å². The molecule has 3 fully saturated rings. The zero-order chi connectivity index (χ0) is 19.6. The van der Waals surface area contributed by atoms with Crippen LogP contribution in [-0.4, -0.2) is 60.9 Å². The number of carbonyl (C=O) groups excluding carboxylic acids is 1. The fourth-order valence-corrected chi connectivity index (χ4v) is 5.18. The first-order valence-corrected chi connectivity index (χ1v) is 10.4. The largest absolute Gasteiger partial charge is 0.481 e. The lowest BCUT2D eigenvalue weighted by molar-refractivity contribution is -0.147. The van der Waals surface area contributed by atoms with Crippen molar-refractivity contribution in [3.63, 3.8) is 0 Å². The SMILES string of the molecule is O=C(O)C1CCO[C@H]1C1CCN(C(=O)C2(c3ccccc3)CCOCC2)CC1. The molecule has 0 bridgehead atoms. The van der Waals surface area contributed by atoms with Gasteiger partial charge in [0.25, 0.3) is 0 Å². The summed E-state index contributed by atoms with van der Waals surface area (Å²) < 4.78 is 11.3. The van der Waals surface area contributed by atoms with Crippen LogP contribution in [0.2, 0.25) is 0 Å². The Bertz CT molecular complexity index is 692. The van der Waals surface area contributed by atoms with E-state index in [1.54, 1.807) is 0 Å². The molecule has 1 aromatic carbocycles. The normalized spacial score (nSPS) is 28.2. The molecular formula is C22H29NO5. The minimum Gasteiger partial charge on any atom is -0.481 e. The predicted molar refractivity (Wildman–Crippen MR) is 103 cm³/mol. The van der Waals surface area contributed by atoms with Gasteiger partial charge in [0.05, 0.1) is 17.4 Å². The molecule has 3 saturated heterocycles. The molecule has 2 atom stereocenters. The number of carboxylic acid groups (broad SMARTS) is 1. The van der Waals surface area contributed by atoms with Crippen LogP contribution in [-0.2, 0) is 24.5 Å². The average molecular weight is 387 g/mol. The molecule has 0 saturated carbocycles. The van der Waals surface area contributed by atoms with Crippen molar-refractivity contribution in [3.8, 4) is 0 Å². The topological polar surface area (TPSA) is 76.1 Å². The molecule has 28 heavy (non-hydrogen) atoms. The van der Waals surface area contributed by atoms with Crippen molar-refractivity contribution in [2.24, 2.45) is 11.8 Å². The third kappa shape index (κ3) is 3.55. The maximum atomic E-state index is 13.6. The van der Waals surface area contributed by atoms with Crippen LogP contribution in [0, 0.1) is 11.8 Å². The van der Waals surface area contributed by atoms with E-state index in [1.807, 2.05) is 23.1 Å². The van der Waals surface area contributed by atoms with Crippen LogP contribution in [0.25, 0.3) is 0 Å². The van der Waals surface area contributed by atoms with Gasteiger partial charge < -0.3 is 19.5 Å². The summed E-state index contributed by atoms with van der Waals surface area (Å²) in [4.78, 5) is 27.1. The summed E-state index contributed by atoms with van der Waals surface area (Å²) in [6, 6.07) is 10.1. The van der Waals surface area contributed by atoms with Crippen LogP contribution in [0.15, 0.2) is 30.3 Å². The molecule has 1 unspecified atom stereocenters. The number of hydrogen-bond donors (Lipinski definition) is 1. The van der Waals surface area contributed by atoms with E-state index in [0.717, 1.165) is 18.4 Å². The predicted octanol–water partition coefficient (Wildman–Crippen LogP) is 2.46. The van der Waals surface area contributed by atoms with E-state index in [-0.39, 0.29) is 17.9 Å². The Labute approximate surface area is 165 Å². The minimum atomic E-state index is -0.758. The number of amides is 1. The van der Waals surface area contributed by atoms with E-state index < -0.39 is 17.3 Å². The molecular weight excluding hydrogens is 358 g/mol. The van der Waals surface area contributed by atoms with E-state index in [9.17, 15) is 14.7 Å². The van der Waals surface area contributed by atoms with Gasteiger partial charge >= 0.3 is 5.97 Å². The third-order valence-electron chi connectivity index (χ3n) is 6.83. The Morgan fingerprint density at radius 3 is 2.32 bits per heavy atom. The van der Waals surface area contributed by atoms with E-state index in [2.05, 4.69) is 12.1 Å². The molecule has 1 amide bonds. The van der Waals surface area contributed by atoms with Crippen molar-refractivity contribution in [2.45, 2.75) is 43.6 Å². The van der Waals surface area contributed by atoms with E-state index in [4.69, 9.17) is 9.47 Å². The number of hydrogen-bond acceptors (Lipinski definition) is 4. The van der Waals surface area contributed by atoms with Crippen LogP contribution < -0.4 is 0 Å². The van der Waals surface area contributed by atoms with Gasteiger partial charge in [0.15, 0.2) is 0 Å². The van der Waals surface area contributed by atoms with Crippen molar-refractivity contribution in [1.29, 1.82) is 0 Å². The highest BCUT2D eigenvalue weighted by Crippen LogP contribution is 2.39. The first-order valence-electron chi connectivity index (χ1n) is 10.4. The fraction of sp³-hybridized carbons (Fsp3) is 0.636. The lowest BCUT2D eigenvalue weighted by Crippen LogP contribution is -2.53. The molecule has 0 aliphatic carbocycles. The molecule has 3 heterocycles. The lowest BCUT2D eigenvalue weighted by Gasteiger charge is -2.43. The molecule has 0 aromatic heterocycles. The van der Waals surface area contributed by atoms with Crippen LogP contribution in [0.1, 0.15) is 37.7 Å². The van der Waals surface area contributed by atoms with Crippen molar-refractivity contribution in [1.82, 2.24) is 4.90 Å². The Hall–Kier alpha value is -1.92. The maximum absolute atomic E-state index is 13.6. The number of carboxylic acids is 1. The first kappa shape index (κ1) is 19.4. The molecule has 3 aliphatic rings. The third-order valence-corrected chi connectivity index (χ3v) is 6.83. The number of piperidine rings is 1. The summed E-state index contributed by atoms with van der Waals surface area (Å²) in [7, 11) is 0. The molecule has 4 rings (SSSR count). The van der Waals surface area contributed by atoms with Crippen molar-refractivity contribution < 1.29 is 24.2 Å². The summed E-state index contributed by atoms with van der Waals surface area (Å²) in [6.07, 6.45) is 3.42. The van der Waals surface area contributed by atoms with Crippen LogP contribution in [0.3, 0.4) is 0 Å². The zero-order valence-corrected chi connectivity index (χ0v) is 16.2. The van der Waals surface area contributed by atoms with Gasteiger partial charge in [-0.1, -0.05) is 30.3 Å². The number of ether oxygens (including phenoxy) is 2. The molecule has 3 aliphatic heterocycles. The number of nitrogens with zero attached hydrogens (tertiary/aromatic N) is 1. The van der Waals surface area contributed by atoms with Gasteiger partial charge in [0, 0.05) is 32.9 Å². The standard InChI is InChI=1S/C22H29NO5/c24-20(25)18-8-13-28-19(18)16-6-11-23(12-7-16)21(26)22(9-14-27-15-10-22)17-4-2-1-3-5-17/h1-5,16,18-19H,6-15H2,(H,24,25)/t18?,19-/m0/s1. The van der Waals surface area contributed by atoms with Gasteiger partial charge in [-0.3, -0.25) is 9.59 Å². The Balaban J connectivity index is 1.46. The highest BCUT2D eigenvalue weighted by molar-refractivity contribution is 5.88. The average Bonchev–Trinajstić information content (AvgIpc) is 3.25. The highest BCUT2D eigenvalue weighted by atomic mass is 16.5. The quantitative estimate of drug-likeness (QED) is 0.859. The number of rotatable bonds is 4. The molecule has 1 aromatic rings. The molecule has 1 N–H and O–H groups in total. The van der Waals surface area contributed by atoms with Crippen molar-refractivity contribution >= 4 is 11.9 Å². The molecule has 152 valence electrons. The van der Waals surface area contributed by atoms with Gasteiger partial charge in [-0.2, -0.15) is 0 Å². The summed E-state index contributed by atoms with van der Waals surface area (Å²) in [5.74, 6) is -0.748. The second kappa shape index (κ2) is 8.21. The second-order valence-electron chi connectivity index (χ2n) is 8.26. The molecule has 6 heteroatoms. The Morgan fingerprint density at radius 2 is 1.68 bits per heavy atom. The van der Waals surface area contributed by atoms with Crippen LogP contribution in [0.5, 0.6) is 0 Å². The van der Waals surface area contributed by atoms with Crippen molar-refractivity contribution in [2.75, 3.05) is 32.9 Å².